The third-order valence-corrected chi connectivity index (χ3v) is 6.02. The number of piperidine rings is 1. The topological polar surface area (TPSA) is 65.8 Å². The van der Waals surface area contributed by atoms with E-state index in [1.54, 1.807) is 53.1 Å². The summed E-state index contributed by atoms with van der Waals surface area (Å²) < 4.78 is 32.8. The van der Waals surface area contributed by atoms with Crippen LogP contribution >= 0.6 is 0 Å². The normalized spacial score (nSPS) is 17.6. The molecule has 3 aromatic rings. The van der Waals surface area contributed by atoms with Gasteiger partial charge in [-0.05, 0) is 42.5 Å². The second-order valence-electron chi connectivity index (χ2n) is 7.90. The van der Waals surface area contributed by atoms with Crippen LogP contribution in [0, 0.1) is 5.82 Å². The van der Waals surface area contributed by atoms with Crippen molar-refractivity contribution < 1.29 is 23.4 Å². The van der Waals surface area contributed by atoms with E-state index in [1.807, 2.05) is 12.1 Å². The summed E-state index contributed by atoms with van der Waals surface area (Å²) in [7, 11) is 1.59. The maximum absolute atomic E-state index is 14.5. The van der Waals surface area contributed by atoms with Crippen LogP contribution in [0.5, 0.6) is 5.75 Å². The van der Waals surface area contributed by atoms with Crippen LogP contribution in [-0.4, -0.2) is 59.8 Å². The van der Waals surface area contributed by atoms with Crippen LogP contribution in [0.25, 0.3) is 16.9 Å². The molecule has 5 rings (SSSR count). The largest absolute Gasteiger partial charge is 0.497 e. The molecule has 32 heavy (non-hydrogen) atoms. The number of carbonyl (C=O) groups excluding carboxylic acids is 1. The van der Waals surface area contributed by atoms with Crippen molar-refractivity contribution in [2.75, 3.05) is 33.4 Å². The summed E-state index contributed by atoms with van der Waals surface area (Å²) in [5.74, 6) is -0.420. The smallest absolute Gasteiger partial charge is 0.272 e. The van der Waals surface area contributed by atoms with E-state index < -0.39 is 5.79 Å². The number of likely N-dealkylation sites (tertiary alicyclic amines) is 1. The van der Waals surface area contributed by atoms with Gasteiger partial charge < -0.3 is 19.1 Å². The lowest BCUT2D eigenvalue weighted by Gasteiger charge is -2.37. The molecule has 1 amide bonds. The van der Waals surface area contributed by atoms with Gasteiger partial charge in [0, 0.05) is 31.5 Å². The third-order valence-electron chi connectivity index (χ3n) is 6.02. The van der Waals surface area contributed by atoms with Gasteiger partial charge in [-0.3, -0.25) is 4.79 Å². The number of hydrogen-bond acceptors (Lipinski definition) is 5. The van der Waals surface area contributed by atoms with E-state index in [1.165, 1.54) is 6.07 Å². The predicted molar refractivity (Wildman–Crippen MR) is 115 cm³/mol. The average molecular weight is 437 g/mol. The molecule has 0 bridgehead atoms. The van der Waals surface area contributed by atoms with E-state index in [4.69, 9.17) is 14.2 Å². The molecular weight excluding hydrogens is 413 g/mol. The highest BCUT2D eigenvalue weighted by Gasteiger charge is 2.41. The van der Waals surface area contributed by atoms with Crippen LogP contribution < -0.4 is 4.74 Å². The van der Waals surface area contributed by atoms with E-state index >= 15 is 0 Å². The summed E-state index contributed by atoms with van der Waals surface area (Å²) in [4.78, 5) is 15.3. The number of hydrogen-bond donors (Lipinski definition) is 0. The van der Waals surface area contributed by atoms with Crippen molar-refractivity contribution in [3.8, 4) is 22.7 Å². The Hall–Kier alpha value is -3.23. The van der Waals surface area contributed by atoms with E-state index in [9.17, 15) is 9.18 Å². The lowest BCUT2D eigenvalue weighted by Crippen LogP contribution is -2.47. The highest BCUT2D eigenvalue weighted by Crippen LogP contribution is 2.32. The molecule has 2 fully saturated rings. The quantitative estimate of drug-likeness (QED) is 0.623. The number of rotatable bonds is 4. The van der Waals surface area contributed by atoms with Gasteiger partial charge in [0.05, 0.1) is 31.7 Å². The molecule has 0 N–H and O–H groups in total. The molecule has 1 spiro atoms. The van der Waals surface area contributed by atoms with Gasteiger partial charge in [0.25, 0.3) is 5.91 Å². The molecule has 0 aliphatic carbocycles. The third kappa shape index (κ3) is 3.76. The molecule has 2 saturated heterocycles. The summed E-state index contributed by atoms with van der Waals surface area (Å²) in [6, 6.07) is 15.3. The molecule has 2 aliphatic rings. The van der Waals surface area contributed by atoms with Crippen molar-refractivity contribution in [2.45, 2.75) is 18.6 Å². The molecule has 0 radical (unpaired) electrons. The Balaban J connectivity index is 1.49. The van der Waals surface area contributed by atoms with Crippen LogP contribution in [0.1, 0.15) is 23.3 Å². The highest BCUT2D eigenvalue weighted by atomic mass is 19.1. The fourth-order valence-corrected chi connectivity index (χ4v) is 4.25. The Kier molecular flexibility index (Phi) is 5.40. The maximum Gasteiger partial charge on any atom is 0.272 e. The molecule has 0 atom stereocenters. The Labute approximate surface area is 185 Å². The van der Waals surface area contributed by atoms with Crippen LogP contribution in [0.3, 0.4) is 0 Å². The second kappa shape index (κ2) is 8.37. The van der Waals surface area contributed by atoms with Crippen molar-refractivity contribution in [3.63, 3.8) is 0 Å². The van der Waals surface area contributed by atoms with Crippen molar-refractivity contribution in [1.82, 2.24) is 14.7 Å². The van der Waals surface area contributed by atoms with Gasteiger partial charge >= 0.3 is 0 Å². The van der Waals surface area contributed by atoms with Crippen molar-refractivity contribution in [2.24, 2.45) is 0 Å². The zero-order chi connectivity index (χ0) is 22.1. The molecule has 7 nitrogen and oxygen atoms in total. The Bertz CT molecular complexity index is 1110. The van der Waals surface area contributed by atoms with Crippen LogP contribution in [-0.2, 0) is 9.47 Å². The number of aromatic nitrogens is 2. The number of ether oxygens (including phenoxy) is 3. The Morgan fingerprint density at radius 2 is 1.75 bits per heavy atom. The van der Waals surface area contributed by atoms with E-state index in [0.29, 0.717) is 67.5 Å². The predicted octanol–water partition coefficient (Wildman–Crippen LogP) is 3.67. The molecule has 2 aromatic carbocycles. The zero-order valence-electron chi connectivity index (χ0n) is 17.8. The molecule has 8 heteroatoms. The number of nitrogens with zero attached hydrogens (tertiary/aromatic N) is 3. The standard InChI is InChI=1S/C24H24FN3O4/c1-30-18-8-6-17(7-9-18)28-22(16-21(26-28)19-4-2-3-5-20(19)25)23(29)27-12-10-24(11-13-27)31-14-15-32-24/h2-9,16H,10-15H2,1H3. The Morgan fingerprint density at radius 1 is 1.06 bits per heavy atom. The Morgan fingerprint density at radius 3 is 2.41 bits per heavy atom. The first kappa shape index (κ1) is 20.7. The fraction of sp³-hybridized carbons (Fsp3) is 0.333. The van der Waals surface area contributed by atoms with E-state index in [0.717, 1.165) is 0 Å². The molecule has 1 aromatic heterocycles. The minimum Gasteiger partial charge on any atom is -0.497 e. The summed E-state index contributed by atoms with van der Waals surface area (Å²) in [6.07, 6.45) is 1.24. The number of benzene rings is 2. The average Bonchev–Trinajstić information content (AvgIpc) is 3.47. The summed E-state index contributed by atoms with van der Waals surface area (Å²) >= 11 is 0. The van der Waals surface area contributed by atoms with Gasteiger partial charge in [-0.25, -0.2) is 9.07 Å². The number of halogens is 1. The molecule has 0 saturated carbocycles. The highest BCUT2D eigenvalue weighted by molar-refractivity contribution is 5.94. The SMILES string of the molecule is COc1ccc(-n2nc(-c3ccccc3F)cc2C(=O)N2CCC3(CC2)OCCO3)cc1. The summed E-state index contributed by atoms with van der Waals surface area (Å²) in [5, 5.41) is 4.59. The number of carbonyl (C=O) groups is 1. The number of methoxy groups -OCH3 is 1. The molecule has 0 unspecified atom stereocenters. The lowest BCUT2D eigenvalue weighted by molar-refractivity contribution is -0.181. The fourth-order valence-electron chi connectivity index (χ4n) is 4.25. The lowest BCUT2D eigenvalue weighted by atomic mass is 10.0. The van der Waals surface area contributed by atoms with Crippen LogP contribution in [0.15, 0.2) is 54.6 Å². The first-order chi connectivity index (χ1) is 15.6. The first-order valence-electron chi connectivity index (χ1n) is 10.7. The summed E-state index contributed by atoms with van der Waals surface area (Å²) in [5.41, 5.74) is 1.81. The number of amides is 1. The van der Waals surface area contributed by atoms with Gasteiger partial charge in [-0.2, -0.15) is 5.10 Å². The van der Waals surface area contributed by atoms with E-state index in [-0.39, 0.29) is 11.7 Å². The van der Waals surface area contributed by atoms with Crippen molar-refractivity contribution in [3.05, 3.63) is 66.1 Å². The first-order valence-corrected chi connectivity index (χ1v) is 10.7. The second-order valence-corrected chi connectivity index (χ2v) is 7.90. The van der Waals surface area contributed by atoms with Gasteiger partial charge in [0.15, 0.2) is 5.79 Å². The van der Waals surface area contributed by atoms with Gasteiger partial charge in [-0.1, -0.05) is 12.1 Å². The minimum absolute atomic E-state index is 0.163. The maximum atomic E-state index is 14.5. The molecular formula is C24H24FN3O4. The molecule has 2 aliphatic heterocycles. The van der Waals surface area contributed by atoms with Crippen LogP contribution in [0.2, 0.25) is 0 Å². The molecule has 166 valence electrons. The monoisotopic (exact) mass is 437 g/mol. The zero-order valence-corrected chi connectivity index (χ0v) is 17.8. The minimum atomic E-state index is -0.564. The van der Waals surface area contributed by atoms with E-state index in [2.05, 4.69) is 5.10 Å². The van der Waals surface area contributed by atoms with Crippen molar-refractivity contribution in [1.29, 1.82) is 0 Å². The van der Waals surface area contributed by atoms with Gasteiger partial charge in [0.2, 0.25) is 0 Å². The van der Waals surface area contributed by atoms with Crippen LogP contribution in [0.4, 0.5) is 4.39 Å². The van der Waals surface area contributed by atoms with Gasteiger partial charge in [-0.15, -0.1) is 0 Å². The molecule has 3 heterocycles. The van der Waals surface area contributed by atoms with Crippen molar-refractivity contribution >= 4 is 5.91 Å². The summed E-state index contributed by atoms with van der Waals surface area (Å²) in [6.45, 7) is 2.21. The van der Waals surface area contributed by atoms with Gasteiger partial charge in [0.1, 0.15) is 17.3 Å².